The van der Waals surface area contributed by atoms with E-state index in [9.17, 15) is 5.11 Å². The number of unbranched alkanes of at least 4 members (excludes halogenated alkanes) is 2. The number of nitrogens with one attached hydrogen (secondary N) is 1. The van der Waals surface area contributed by atoms with Crippen molar-refractivity contribution in [3.63, 3.8) is 0 Å². The summed E-state index contributed by atoms with van der Waals surface area (Å²) in [5.74, 6) is 0.514. The van der Waals surface area contributed by atoms with Crippen molar-refractivity contribution < 1.29 is 5.11 Å². The largest absolute Gasteiger partial charge is 0.389 e. The van der Waals surface area contributed by atoms with Crippen LogP contribution in [-0.2, 0) is 0 Å². The highest BCUT2D eigenvalue weighted by atomic mass is 16.3. The first-order valence-corrected chi connectivity index (χ1v) is 5.78. The molecule has 3 heteroatoms. The number of hydrogen-bond acceptors (Lipinski definition) is 3. The van der Waals surface area contributed by atoms with Gasteiger partial charge in [0.05, 0.1) is 11.7 Å². The molecule has 88 valence electrons. The van der Waals surface area contributed by atoms with E-state index in [1.54, 1.807) is 0 Å². The zero-order chi connectivity index (χ0) is 11.7. The molecule has 0 aliphatic carbocycles. The average molecular weight is 212 g/mol. The van der Waals surface area contributed by atoms with Gasteiger partial charge in [-0.05, 0) is 38.6 Å². The topological polar surface area (TPSA) is 56.0 Å². The maximum atomic E-state index is 9.97. The minimum absolute atomic E-state index is 0.514. The Bertz CT molecular complexity index is 194. The molecule has 0 saturated heterocycles. The molecule has 0 rings (SSSR count). The lowest BCUT2D eigenvalue weighted by Gasteiger charge is -2.25. The van der Waals surface area contributed by atoms with Crippen molar-refractivity contribution in [2.24, 2.45) is 5.92 Å². The maximum Gasteiger partial charge on any atom is 0.0746 e. The van der Waals surface area contributed by atoms with E-state index in [0.717, 1.165) is 25.8 Å². The number of rotatable bonds is 8. The van der Waals surface area contributed by atoms with Gasteiger partial charge in [-0.15, -0.1) is 0 Å². The van der Waals surface area contributed by atoms with Crippen LogP contribution in [0.25, 0.3) is 0 Å². The molecule has 0 heterocycles. The van der Waals surface area contributed by atoms with Gasteiger partial charge in [-0.2, -0.15) is 5.26 Å². The summed E-state index contributed by atoms with van der Waals surface area (Å²) >= 11 is 0. The number of aliphatic hydroxyl groups is 1. The fraction of sp³-hybridized carbons (Fsp3) is 0.917. The van der Waals surface area contributed by atoms with E-state index in [1.807, 2.05) is 6.92 Å². The molecule has 0 aliphatic rings. The second kappa shape index (κ2) is 7.67. The van der Waals surface area contributed by atoms with Gasteiger partial charge in [0.25, 0.3) is 0 Å². The summed E-state index contributed by atoms with van der Waals surface area (Å²) in [5.41, 5.74) is -0.608. The molecule has 0 aromatic rings. The van der Waals surface area contributed by atoms with Crippen LogP contribution in [0, 0.1) is 17.2 Å². The molecule has 1 unspecified atom stereocenters. The number of hydrogen-bond donors (Lipinski definition) is 2. The molecular weight excluding hydrogens is 188 g/mol. The van der Waals surface area contributed by atoms with Crippen molar-refractivity contribution in [1.29, 1.82) is 5.26 Å². The molecule has 0 aliphatic heterocycles. The molecule has 15 heavy (non-hydrogen) atoms. The second-order valence-electron chi connectivity index (χ2n) is 4.89. The fourth-order valence-corrected chi connectivity index (χ4v) is 1.76. The molecular formula is C12H24N2O. The predicted octanol–water partition coefficient (Wildman–Crippen LogP) is 2.07. The number of nitrogens with zero attached hydrogens (tertiary/aromatic N) is 1. The lowest BCUT2D eigenvalue weighted by atomic mass is 9.94. The van der Waals surface area contributed by atoms with Crippen LogP contribution in [-0.4, -0.2) is 23.8 Å². The Kier molecular flexibility index (Phi) is 7.37. The lowest BCUT2D eigenvalue weighted by Crippen LogP contribution is -2.39. The maximum absolute atomic E-state index is 9.97. The van der Waals surface area contributed by atoms with Gasteiger partial charge in [-0.1, -0.05) is 13.8 Å². The monoisotopic (exact) mass is 212 g/mol. The van der Waals surface area contributed by atoms with Crippen LogP contribution >= 0.6 is 0 Å². The van der Waals surface area contributed by atoms with Crippen LogP contribution in [0.15, 0.2) is 0 Å². The van der Waals surface area contributed by atoms with E-state index in [2.05, 4.69) is 25.2 Å². The molecule has 0 spiro atoms. The van der Waals surface area contributed by atoms with Crippen LogP contribution in [0.2, 0.25) is 0 Å². The Morgan fingerprint density at radius 1 is 1.40 bits per heavy atom. The van der Waals surface area contributed by atoms with Crippen molar-refractivity contribution in [1.82, 2.24) is 5.32 Å². The Balaban J connectivity index is 3.45. The summed E-state index contributed by atoms with van der Waals surface area (Å²) in [6.07, 6.45) is 3.39. The minimum Gasteiger partial charge on any atom is -0.389 e. The van der Waals surface area contributed by atoms with Gasteiger partial charge in [-0.25, -0.2) is 0 Å². The predicted molar refractivity (Wildman–Crippen MR) is 62.4 cm³/mol. The molecule has 0 amide bonds. The van der Waals surface area contributed by atoms with Crippen molar-refractivity contribution >= 4 is 0 Å². The van der Waals surface area contributed by atoms with Crippen LogP contribution in [0.5, 0.6) is 0 Å². The minimum atomic E-state index is -0.608. The van der Waals surface area contributed by atoms with Crippen molar-refractivity contribution in [2.45, 2.75) is 52.1 Å². The van der Waals surface area contributed by atoms with Gasteiger partial charge in [0.2, 0.25) is 0 Å². The standard InChI is InChI=1S/C12H24N2O/c1-11(2)9-12(3,15)10-14-8-6-4-5-7-13/h11,14-15H,4-6,8-10H2,1-3H3. The summed E-state index contributed by atoms with van der Waals surface area (Å²) in [6, 6.07) is 2.12. The first-order chi connectivity index (χ1) is 6.98. The van der Waals surface area contributed by atoms with E-state index in [4.69, 9.17) is 5.26 Å². The highest BCUT2D eigenvalue weighted by Gasteiger charge is 2.20. The molecule has 0 radical (unpaired) electrons. The van der Waals surface area contributed by atoms with E-state index in [1.165, 1.54) is 0 Å². The van der Waals surface area contributed by atoms with Gasteiger partial charge in [0.1, 0.15) is 0 Å². The normalized spacial score (nSPS) is 14.9. The molecule has 0 saturated carbocycles. The summed E-state index contributed by atoms with van der Waals surface area (Å²) in [4.78, 5) is 0. The van der Waals surface area contributed by atoms with E-state index < -0.39 is 5.60 Å². The van der Waals surface area contributed by atoms with Gasteiger partial charge in [-0.3, -0.25) is 0 Å². The quantitative estimate of drug-likeness (QED) is 0.606. The summed E-state index contributed by atoms with van der Waals surface area (Å²) in [5, 5.41) is 21.5. The second-order valence-corrected chi connectivity index (χ2v) is 4.89. The average Bonchev–Trinajstić information content (AvgIpc) is 2.08. The fourth-order valence-electron chi connectivity index (χ4n) is 1.76. The van der Waals surface area contributed by atoms with Gasteiger partial charge >= 0.3 is 0 Å². The Labute approximate surface area is 93.5 Å². The molecule has 0 aromatic heterocycles. The van der Waals surface area contributed by atoms with Crippen molar-refractivity contribution in [3.8, 4) is 6.07 Å². The van der Waals surface area contributed by atoms with E-state index in [0.29, 0.717) is 18.9 Å². The smallest absolute Gasteiger partial charge is 0.0746 e. The van der Waals surface area contributed by atoms with E-state index >= 15 is 0 Å². The van der Waals surface area contributed by atoms with Gasteiger partial charge in [0, 0.05) is 13.0 Å². The van der Waals surface area contributed by atoms with Crippen LogP contribution in [0.1, 0.15) is 46.5 Å². The Hall–Kier alpha value is -0.590. The highest BCUT2D eigenvalue weighted by molar-refractivity contribution is 4.77. The third-order valence-electron chi connectivity index (χ3n) is 2.25. The van der Waals surface area contributed by atoms with E-state index in [-0.39, 0.29) is 0 Å². The number of nitriles is 1. The highest BCUT2D eigenvalue weighted by Crippen LogP contribution is 2.14. The zero-order valence-corrected chi connectivity index (χ0v) is 10.2. The summed E-state index contributed by atoms with van der Waals surface area (Å²) in [7, 11) is 0. The molecule has 2 N–H and O–H groups in total. The third-order valence-corrected chi connectivity index (χ3v) is 2.25. The molecule has 1 atom stereocenters. The van der Waals surface area contributed by atoms with Crippen molar-refractivity contribution in [2.75, 3.05) is 13.1 Å². The molecule has 0 aromatic carbocycles. The molecule has 3 nitrogen and oxygen atoms in total. The molecule has 0 bridgehead atoms. The van der Waals surface area contributed by atoms with Gasteiger partial charge in [0.15, 0.2) is 0 Å². The first-order valence-electron chi connectivity index (χ1n) is 5.78. The third kappa shape index (κ3) is 9.71. The van der Waals surface area contributed by atoms with Crippen LogP contribution in [0.4, 0.5) is 0 Å². The SMILES string of the molecule is CC(C)CC(C)(O)CNCCCCC#N. The zero-order valence-electron chi connectivity index (χ0n) is 10.2. The van der Waals surface area contributed by atoms with Gasteiger partial charge < -0.3 is 10.4 Å². The summed E-state index contributed by atoms with van der Waals surface area (Å²) in [6.45, 7) is 7.62. The first kappa shape index (κ1) is 14.4. The Morgan fingerprint density at radius 3 is 2.60 bits per heavy atom. The summed E-state index contributed by atoms with van der Waals surface area (Å²) < 4.78 is 0. The Morgan fingerprint density at radius 2 is 2.07 bits per heavy atom. The molecule has 0 fully saturated rings. The lowest BCUT2D eigenvalue weighted by molar-refractivity contribution is 0.0387. The van der Waals surface area contributed by atoms with Crippen LogP contribution in [0.3, 0.4) is 0 Å². The van der Waals surface area contributed by atoms with Crippen LogP contribution < -0.4 is 5.32 Å². The van der Waals surface area contributed by atoms with Crippen molar-refractivity contribution in [3.05, 3.63) is 0 Å².